The Morgan fingerprint density at radius 3 is 2.72 bits per heavy atom. The van der Waals surface area contributed by atoms with Gasteiger partial charge in [-0.05, 0) is 19.9 Å². The van der Waals surface area contributed by atoms with E-state index in [4.69, 9.17) is 5.73 Å². The van der Waals surface area contributed by atoms with Gasteiger partial charge in [-0.3, -0.25) is 4.79 Å². The van der Waals surface area contributed by atoms with E-state index in [0.29, 0.717) is 13.1 Å². The fraction of sp³-hybridized carbons (Fsp3) is 0.545. The van der Waals surface area contributed by atoms with Crippen molar-refractivity contribution in [1.29, 1.82) is 0 Å². The van der Waals surface area contributed by atoms with Crippen molar-refractivity contribution >= 4 is 17.2 Å². The van der Waals surface area contributed by atoms with E-state index in [1.807, 2.05) is 6.92 Å². The van der Waals surface area contributed by atoms with E-state index in [0.717, 1.165) is 16.2 Å². The number of thiophene rings is 1. The Labute approximate surface area is 107 Å². The molecule has 7 heteroatoms. The first-order valence-corrected chi connectivity index (χ1v) is 6.23. The summed E-state index contributed by atoms with van der Waals surface area (Å²) in [6.45, 7) is 1.51. The van der Waals surface area contributed by atoms with Crippen molar-refractivity contribution in [2.24, 2.45) is 5.73 Å². The average molecular weight is 276 g/mol. The molecule has 0 saturated carbocycles. The molecular weight excluding hydrogens is 262 g/mol. The zero-order chi connectivity index (χ0) is 13.5. The van der Waals surface area contributed by atoms with Crippen molar-refractivity contribution in [2.45, 2.75) is 26.0 Å². The number of ether oxygens (including phenoxy) is 1. The standard InChI is InChI=1S/C11H14F2N2O2S/c1-6-3-7(17-10(12)13)8(18-6)9(16)15-4-11(2,14)5-15/h3,10H,4-5,14H2,1-2H3. The Hall–Kier alpha value is -1.21. The molecule has 2 rings (SSSR count). The van der Waals surface area contributed by atoms with Crippen LogP contribution in [0.2, 0.25) is 0 Å². The van der Waals surface area contributed by atoms with E-state index < -0.39 is 6.61 Å². The molecule has 1 amide bonds. The summed E-state index contributed by atoms with van der Waals surface area (Å²) in [6, 6.07) is 1.45. The van der Waals surface area contributed by atoms with Crippen LogP contribution in [0.4, 0.5) is 8.78 Å². The number of carbonyl (C=O) groups excluding carboxylic acids is 1. The molecule has 1 aliphatic rings. The number of hydrogen-bond acceptors (Lipinski definition) is 4. The summed E-state index contributed by atoms with van der Waals surface area (Å²) in [7, 11) is 0. The molecular formula is C11H14F2N2O2S. The normalized spacial score (nSPS) is 17.8. The van der Waals surface area contributed by atoms with Crippen LogP contribution in [0, 0.1) is 6.92 Å². The summed E-state index contributed by atoms with van der Waals surface area (Å²) < 4.78 is 28.8. The summed E-state index contributed by atoms with van der Waals surface area (Å²) in [4.78, 5) is 14.6. The first kappa shape index (κ1) is 13.2. The van der Waals surface area contributed by atoms with Crippen LogP contribution < -0.4 is 10.5 Å². The summed E-state index contributed by atoms with van der Waals surface area (Å²) in [5, 5.41) is 0. The number of aryl methyl sites for hydroxylation is 1. The number of carbonyl (C=O) groups is 1. The minimum Gasteiger partial charge on any atom is -0.433 e. The van der Waals surface area contributed by atoms with Crippen LogP contribution in [0.1, 0.15) is 21.5 Å². The summed E-state index contributed by atoms with van der Waals surface area (Å²) in [5.74, 6) is -0.352. The smallest absolute Gasteiger partial charge is 0.387 e. The van der Waals surface area contributed by atoms with Crippen molar-refractivity contribution in [3.63, 3.8) is 0 Å². The molecule has 2 heterocycles. The highest BCUT2D eigenvalue weighted by molar-refractivity contribution is 7.14. The number of hydrogen-bond donors (Lipinski definition) is 1. The molecule has 1 aromatic heterocycles. The summed E-state index contributed by atoms with van der Waals surface area (Å²) in [5.41, 5.74) is 5.43. The van der Waals surface area contributed by atoms with Gasteiger partial charge in [0.1, 0.15) is 10.6 Å². The Bertz CT molecular complexity index is 466. The second kappa shape index (κ2) is 4.47. The molecule has 0 aromatic carbocycles. The van der Waals surface area contributed by atoms with Gasteiger partial charge in [-0.25, -0.2) is 0 Å². The van der Waals surface area contributed by atoms with Crippen LogP contribution in [0.25, 0.3) is 0 Å². The SMILES string of the molecule is Cc1cc(OC(F)F)c(C(=O)N2CC(C)(N)C2)s1. The van der Waals surface area contributed by atoms with E-state index in [1.165, 1.54) is 11.0 Å². The summed E-state index contributed by atoms with van der Waals surface area (Å²) >= 11 is 1.15. The zero-order valence-corrected chi connectivity index (χ0v) is 10.9. The molecule has 18 heavy (non-hydrogen) atoms. The largest absolute Gasteiger partial charge is 0.433 e. The van der Waals surface area contributed by atoms with Crippen LogP contribution in [0.3, 0.4) is 0 Å². The number of amides is 1. The van der Waals surface area contributed by atoms with Crippen molar-refractivity contribution in [3.8, 4) is 5.75 Å². The third-order valence-electron chi connectivity index (χ3n) is 2.62. The van der Waals surface area contributed by atoms with Gasteiger partial charge in [-0.2, -0.15) is 8.78 Å². The highest BCUT2D eigenvalue weighted by Gasteiger charge is 2.39. The second-order valence-corrected chi connectivity index (χ2v) is 6.00. The Morgan fingerprint density at radius 1 is 1.61 bits per heavy atom. The molecule has 1 aromatic rings. The number of rotatable bonds is 3. The highest BCUT2D eigenvalue weighted by Crippen LogP contribution is 2.33. The predicted molar refractivity (Wildman–Crippen MR) is 64.2 cm³/mol. The molecule has 0 unspecified atom stereocenters. The number of alkyl halides is 2. The van der Waals surface area contributed by atoms with E-state index in [1.54, 1.807) is 6.92 Å². The summed E-state index contributed by atoms with van der Waals surface area (Å²) in [6.07, 6.45) is 0. The topological polar surface area (TPSA) is 55.6 Å². The lowest BCUT2D eigenvalue weighted by molar-refractivity contribution is -0.0501. The van der Waals surface area contributed by atoms with Crippen molar-refractivity contribution in [2.75, 3.05) is 13.1 Å². The Morgan fingerprint density at radius 2 is 2.22 bits per heavy atom. The Kier molecular flexibility index (Phi) is 3.29. The average Bonchev–Trinajstić information content (AvgIpc) is 2.53. The lowest BCUT2D eigenvalue weighted by Gasteiger charge is -2.45. The van der Waals surface area contributed by atoms with E-state index in [2.05, 4.69) is 4.74 Å². The van der Waals surface area contributed by atoms with Crippen LogP contribution in [0.5, 0.6) is 5.75 Å². The van der Waals surface area contributed by atoms with E-state index >= 15 is 0 Å². The lowest BCUT2D eigenvalue weighted by atomic mass is 9.93. The molecule has 1 saturated heterocycles. The predicted octanol–water partition coefficient (Wildman–Crippen LogP) is 1.83. The van der Waals surface area contributed by atoms with E-state index in [9.17, 15) is 13.6 Å². The zero-order valence-electron chi connectivity index (χ0n) is 10.1. The molecule has 1 fully saturated rings. The van der Waals surface area contributed by atoms with Crippen molar-refractivity contribution < 1.29 is 18.3 Å². The fourth-order valence-electron chi connectivity index (χ4n) is 1.94. The third kappa shape index (κ3) is 2.62. The van der Waals surface area contributed by atoms with Crippen molar-refractivity contribution in [3.05, 3.63) is 15.8 Å². The van der Waals surface area contributed by atoms with Crippen LogP contribution >= 0.6 is 11.3 Å². The van der Waals surface area contributed by atoms with E-state index in [-0.39, 0.29) is 22.1 Å². The molecule has 0 radical (unpaired) electrons. The molecule has 2 N–H and O–H groups in total. The monoisotopic (exact) mass is 276 g/mol. The van der Waals surface area contributed by atoms with Gasteiger partial charge in [-0.1, -0.05) is 0 Å². The Balaban J connectivity index is 2.15. The van der Waals surface area contributed by atoms with Crippen LogP contribution in [-0.4, -0.2) is 36.0 Å². The first-order chi connectivity index (χ1) is 8.28. The van der Waals surface area contributed by atoms with Crippen LogP contribution in [-0.2, 0) is 0 Å². The maximum atomic E-state index is 12.2. The molecule has 4 nitrogen and oxygen atoms in total. The molecule has 100 valence electrons. The van der Waals surface area contributed by atoms with Gasteiger partial charge >= 0.3 is 6.61 Å². The highest BCUT2D eigenvalue weighted by atomic mass is 32.1. The van der Waals surface area contributed by atoms with Crippen LogP contribution in [0.15, 0.2) is 6.07 Å². The van der Waals surface area contributed by atoms with Gasteiger partial charge in [0.25, 0.3) is 5.91 Å². The molecule has 1 aliphatic heterocycles. The molecule has 0 atom stereocenters. The van der Waals surface area contributed by atoms with Gasteiger partial charge in [0.2, 0.25) is 0 Å². The molecule has 0 bridgehead atoms. The van der Waals surface area contributed by atoms with Gasteiger partial charge in [0.05, 0.1) is 0 Å². The number of nitrogens with two attached hydrogens (primary N) is 1. The van der Waals surface area contributed by atoms with Crippen molar-refractivity contribution in [1.82, 2.24) is 4.90 Å². The number of nitrogens with zero attached hydrogens (tertiary/aromatic N) is 1. The minimum atomic E-state index is -2.93. The van der Waals surface area contributed by atoms with Gasteiger partial charge in [-0.15, -0.1) is 11.3 Å². The fourth-order valence-corrected chi connectivity index (χ4v) is 2.85. The maximum absolute atomic E-state index is 12.2. The lowest BCUT2D eigenvalue weighted by Crippen LogP contribution is -2.66. The molecule has 0 spiro atoms. The third-order valence-corrected chi connectivity index (χ3v) is 3.64. The second-order valence-electron chi connectivity index (χ2n) is 4.74. The van der Waals surface area contributed by atoms with Gasteiger partial charge in [0.15, 0.2) is 0 Å². The van der Waals surface area contributed by atoms with Gasteiger partial charge < -0.3 is 15.4 Å². The minimum absolute atomic E-state index is 0.0527. The quantitative estimate of drug-likeness (QED) is 0.916. The maximum Gasteiger partial charge on any atom is 0.387 e. The molecule has 0 aliphatic carbocycles. The number of halogens is 2. The first-order valence-electron chi connectivity index (χ1n) is 5.42. The van der Waals surface area contributed by atoms with Gasteiger partial charge in [0, 0.05) is 23.5 Å². The number of likely N-dealkylation sites (tertiary alicyclic amines) is 1.